The van der Waals surface area contributed by atoms with E-state index in [1.165, 1.54) is 12.2 Å². The van der Waals surface area contributed by atoms with Crippen molar-refractivity contribution in [1.29, 1.82) is 0 Å². The number of thioether (sulfide) groups is 1. The van der Waals surface area contributed by atoms with Gasteiger partial charge >= 0.3 is 0 Å². The number of rotatable bonds is 5. The minimum absolute atomic E-state index is 0.430. The lowest BCUT2D eigenvalue weighted by Gasteiger charge is -2.18. The minimum Gasteiger partial charge on any atom is -0.316 e. The van der Waals surface area contributed by atoms with Crippen molar-refractivity contribution >= 4 is 11.8 Å². The van der Waals surface area contributed by atoms with Crippen molar-refractivity contribution < 1.29 is 0 Å². The quantitative estimate of drug-likeness (QED) is 0.644. The van der Waals surface area contributed by atoms with E-state index in [0.717, 1.165) is 13.1 Å². The van der Waals surface area contributed by atoms with Crippen molar-refractivity contribution in [3.63, 3.8) is 0 Å². The molecule has 1 N–H and O–H groups in total. The molecule has 0 aliphatic rings. The van der Waals surface area contributed by atoms with Crippen molar-refractivity contribution in [2.75, 3.05) is 25.1 Å². The first-order chi connectivity index (χ1) is 5.06. The zero-order chi connectivity index (χ0) is 8.74. The van der Waals surface area contributed by atoms with Crippen molar-refractivity contribution in [3.8, 4) is 0 Å². The summed E-state index contributed by atoms with van der Waals surface area (Å²) in [5.41, 5.74) is 0.430. The predicted octanol–water partition coefficient (Wildman–Crippen LogP) is 2.38. The summed E-state index contributed by atoms with van der Waals surface area (Å²) in [7, 11) is 0. The van der Waals surface area contributed by atoms with Gasteiger partial charge in [0.2, 0.25) is 0 Å². The fourth-order valence-corrected chi connectivity index (χ4v) is 1.24. The molecule has 0 aromatic carbocycles. The molecule has 68 valence electrons. The SMILES string of the molecule is CSCCCNCC(C)(C)C. The van der Waals surface area contributed by atoms with Gasteiger partial charge in [0.25, 0.3) is 0 Å². The minimum atomic E-state index is 0.430. The number of hydrogen-bond donors (Lipinski definition) is 1. The van der Waals surface area contributed by atoms with Gasteiger partial charge in [0.05, 0.1) is 0 Å². The van der Waals surface area contributed by atoms with Gasteiger partial charge in [-0.1, -0.05) is 20.8 Å². The van der Waals surface area contributed by atoms with Crippen molar-refractivity contribution in [3.05, 3.63) is 0 Å². The zero-order valence-corrected chi connectivity index (χ0v) is 9.05. The molecule has 0 heterocycles. The normalized spacial score (nSPS) is 12.0. The molecule has 11 heavy (non-hydrogen) atoms. The van der Waals surface area contributed by atoms with E-state index in [1.807, 2.05) is 11.8 Å². The topological polar surface area (TPSA) is 12.0 Å². The third-order valence-corrected chi connectivity index (χ3v) is 2.05. The molecule has 0 saturated carbocycles. The zero-order valence-electron chi connectivity index (χ0n) is 8.24. The molecular weight excluding hydrogens is 154 g/mol. The summed E-state index contributed by atoms with van der Waals surface area (Å²) >= 11 is 1.92. The average Bonchev–Trinajstić information content (AvgIpc) is 1.85. The molecule has 1 nitrogen and oxygen atoms in total. The van der Waals surface area contributed by atoms with E-state index < -0.39 is 0 Å². The molecule has 0 saturated heterocycles. The second-order valence-corrected chi connectivity index (χ2v) is 5.07. The first-order valence-electron chi connectivity index (χ1n) is 4.26. The van der Waals surface area contributed by atoms with Gasteiger partial charge in [-0.2, -0.15) is 11.8 Å². The summed E-state index contributed by atoms with van der Waals surface area (Å²) in [5.74, 6) is 1.27. The largest absolute Gasteiger partial charge is 0.316 e. The Hall–Kier alpha value is 0.310. The molecule has 0 aliphatic heterocycles. The molecule has 0 radical (unpaired) electrons. The molecule has 0 bridgehead atoms. The number of nitrogens with one attached hydrogen (secondary N) is 1. The molecule has 0 rings (SSSR count). The number of hydrogen-bond acceptors (Lipinski definition) is 2. The van der Waals surface area contributed by atoms with E-state index in [0.29, 0.717) is 5.41 Å². The van der Waals surface area contributed by atoms with E-state index in [-0.39, 0.29) is 0 Å². The lowest BCUT2D eigenvalue weighted by atomic mass is 9.97. The van der Waals surface area contributed by atoms with Gasteiger partial charge in [-0.3, -0.25) is 0 Å². The highest BCUT2D eigenvalue weighted by Gasteiger charge is 2.07. The Kier molecular flexibility index (Phi) is 6.06. The summed E-state index contributed by atoms with van der Waals surface area (Å²) < 4.78 is 0. The first kappa shape index (κ1) is 11.3. The van der Waals surface area contributed by atoms with Gasteiger partial charge in [-0.05, 0) is 36.9 Å². The molecule has 0 aromatic rings. The van der Waals surface area contributed by atoms with Crippen LogP contribution in [0.2, 0.25) is 0 Å². The molecule has 2 heteroatoms. The molecule has 0 amide bonds. The molecule has 0 aliphatic carbocycles. The molecule has 0 unspecified atom stereocenters. The second kappa shape index (κ2) is 5.90. The highest BCUT2D eigenvalue weighted by molar-refractivity contribution is 7.98. The summed E-state index contributed by atoms with van der Waals surface area (Å²) in [6.07, 6.45) is 3.45. The van der Waals surface area contributed by atoms with Gasteiger partial charge in [-0.25, -0.2) is 0 Å². The van der Waals surface area contributed by atoms with E-state index in [1.54, 1.807) is 0 Å². The van der Waals surface area contributed by atoms with Crippen LogP contribution in [-0.2, 0) is 0 Å². The Bertz CT molecular complexity index is 86.1. The molecule has 0 aromatic heterocycles. The average molecular weight is 175 g/mol. The monoisotopic (exact) mass is 175 g/mol. The van der Waals surface area contributed by atoms with Crippen LogP contribution in [0.5, 0.6) is 0 Å². The first-order valence-corrected chi connectivity index (χ1v) is 5.65. The Morgan fingerprint density at radius 2 is 1.91 bits per heavy atom. The highest BCUT2D eigenvalue weighted by Crippen LogP contribution is 2.09. The molecule has 0 atom stereocenters. The molecule has 0 fully saturated rings. The molecule has 0 spiro atoms. The van der Waals surface area contributed by atoms with Crippen LogP contribution in [0.25, 0.3) is 0 Å². The van der Waals surface area contributed by atoms with Gasteiger partial charge in [-0.15, -0.1) is 0 Å². The van der Waals surface area contributed by atoms with Crippen LogP contribution >= 0.6 is 11.8 Å². The maximum absolute atomic E-state index is 3.45. The van der Waals surface area contributed by atoms with Crippen LogP contribution in [0.1, 0.15) is 27.2 Å². The smallest absolute Gasteiger partial charge is 0.0000120 e. The van der Waals surface area contributed by atoms with E-state index in [4.69, 9.17) is 0 Å². The Balaban J connectivity index is 3.02. The third kappa shape index (κ3) is 10.3. The Labute approximate surface area is 75.3 Å². The Morgan fingerprint density at radius 1 is 1.27 bits per heavy atom. The summed E-state index contributed by atoms with van der Waals surface area (Å²) in [4.78, 5) is 0. The maximum atomic E-state index is 3.45. The summed E-state index contributed by atoms with van der Waals surface area (Å²) in [5, 5.41) is 3.45. The lowest BCUT2D eigenvalue weighted by Crippen LogP contribution is -2.27. The van der Waals surface area contributed by atoms with Gasteiger partial charge < -0.3 is 5.32 Å². The Morgan fingerprint density at radius 3 is 2.36 bits per heavy atom. The van der Waals surface area contributed by atoms with Gasteiger partial charge in [0, 0.05) is 0 Å². The molecular formula is C9H21NS. The second-order valence-electron chi connectivity index (χ2n) is 4.08. The van der Waals surface area contributed by atoms with Crippen LogP contribution in [0.15, 0.2) is 0 Å². The van der Waals surface area contributed by atoms with Crippen LogP contribution in [0.4, 0.5) is 0 Å². The van der Waals surface area contributed by atoms with Gasteiger partial charge in [0.1, 0.15) is 0 Å². The van der Waals surface area contributed by atoms with Crippen molar-refractivity contribution in [2.45, 2.75) is 27.2 Å². The fourth-order valence-electron chi connectivity index (χ4n) is 0.805. The van der Waals surface area contributed by atoms with E-state index in [2.05, 4.69) is 32.3 Å². The maximum Gasteiger partial charge on any atom is -0.0000120 e. The highest BCUT2D eigenvalue weighted by atomic mass is 32.2. The van der Waals surface area contributed by atoms with Crippen LogP contribution < -0.4 is 5.32 Å². The van der Waals surface area contributed by atoms with E-state index >= 15 is 0 Å². The standard InChI is InChI=1S/C9H21NS/c1-9(2,3)8-10-6-5-7-11-4/h10H,5-8H2,1-4H3. The van der Waals surface area contributed by atoms with Crippen LogP contribution in [0, 0.1) is 5.41 Å². The fraction of sp³-hybridized carbons (Fsp3) is 1.00. The third-order valence-electron chi connectivity index (χ3n) is 1.36. The summed E-state index contributed by atoms with van der Waals surface area (Å²) in [6.45, 7) is 9.07. The van der Waals surface area contributed by atoms with Gasteiger partial charge in [0.15, 0.2) is 0 Å². The summed E-state index contributed by atoms with van der Waals surface area (Å²) in [6, 6.07) is 0. The predicted molar refractivity (Wildman–Crippen MR) is 55.3 cm³/mol. The van der Waals surface area contributed by atoms with Crippen molar-refractivity contribution in [1.82, 2.24) is 5.32 Å². The lowest BCUT2D eigenvalue weighted by molar-refractivity contribution is 0.381. The van der Waals surface area contributed by atoms with Crippen LogP contribution in [0.3, 0.4) is 0 Å². The van der Waals surface area contributed by atoms with E-state index in [9.17, 15) is 0 Å². The van der Waals surface area contributed by atoms with Crippen molar-refractivity contribution in [2.24, 2.45) is 5.41 Å². The van der Waals surface area contributed by atoms with Crippen LogP contribution in [-0.4, -0.2) is 25.1 Å².